The van der Waals surface area contributed by atoms with Crippen molar-refractivity contribution in [2.24, 2.45) is 11.5 Å². The Morgan fingerprint density at radius 2 is 1.62 bits per heavy atom. The van der Waals surface area contributed by atoms with Crippen molar-refractivity contribution < 1.29 is 13.5 Å². The van der Waals surface area contributed by atoms with Crippen LogP contribution in [-0.4, -0.2) is 6.61 Å². The van der Waals surface area contributed by atoms with Gasteiger partial charge in [-0.1, -0.05) is 12.1 Å². The third-order valence-electron chi connectivity index (χ3n) is 1.49. The quantitative estimate of drug-likeness (QED) is 0.701. The monoisotopic (exact) mass is 188 g/mol. The van der Waals surface area contributed by atoms with E-state index < -0.39 is 12.8 Å². The minimum atomic E-state index is -2.81. The van der Waals surface area contributed by atoms with E-state index in [-0.39, 0.29) is 5.75 Å². The smallest absolute Gasteiger partial charge is 0.387 e. The van der Waals surface area contributed by atoms with Crippen molar-refractivity contribution in [3.63, 3.8) is 0 Å². The Hall–Kier alpha value is -1.20. The van der Waals surface area contributed by atoms with Crippen LogP contribution < -0.4 is 16.2 Å². The standard InChI is InChI=1S/C8H10F2N2O/c9-8(10)13-6-3-1-5(2-4-6)7(11)12/h1-4,7-8H,11-12H2. The van der Waals surface area contributed by atoms with E-state index in [1.807, 2.05) is 0 Å². The molecule has 0 saturated carbocycles. The van der Waals surface area contributed by atoms with Crippen molar-refractivity contribution in [2.45, 2.75) is 12.8 Å². The molecule has 1 aromatic rings. The molecule has 3 nitrogen and oxygen atoms in total. The summed E-state index contributed by atoms with van der Waals surface area (Å²) in [7, 11) is 0. The van der Waals surface area contributed by atoms with Gasteiger partial charge in [0.05, 0.1) is 6.17 Å². The number of hydrogen-bond acceptors (Lipinski definition) is 3. The molecule has 72 valence electrons. The first-order valence-corrected chi connectivity index (χ1v) is 3.65. The van der Waals surface area contributed by atoms with Gasteiger partial charge < -0.3 is 16.2 Å². The van der Waals surface area contributed by atoms with Crippen LogP contribution in [0, 0.1) is 0 Å². The molecule has 13 heavy (non-hydrogen) atoms. The predicted octanol–water partition coefficient (Wildman–Crippen LogP) is 1.20. The lowest BCUT2D eigenvalue weighted by Gasteiger charge is -2.07. The Balaban J connectivity index is 2.70. The highest BCUT2D eigenvalue weighted by atomic mass is 19.3. The number of hydrogen-bond donors (Lipinski definition) is 2. The zero-order chi connectivity index (χ0) is 9.84. The second-order valence-electron chi connectivity index (χ2n) is 2.47. The molecule has 0 fully saturated rings. The van der Waals surface area contributed by atoms with Crippen LogP contribution in [0.1, 0.15) is 11.7 Å². The van der Waals surface area contributed by atoms with E-state index in [1.165, 1.54) is 12.1 Å². The first kappa shape index (κ1) is 9.88. The van der Waals surface area contributed by atoms with E-state index in [0.717, 1.165) is 0 Å². The van der Waals surface area contributed by atoms with E-state index in [2.05, 4.69) is 4.74 Å². The molecular formula is C8H10F2N2O. The summed E-state index contributed by atoms with van der Waals surface area (Å²) in [5.41, 5.74) is 11.4. The molecule has 0 amide bonds. The number of rotatable bonds is 3. The first-order valence-electron chi connectivity index (χ1n) is 3.65. The molecule has 0 bridgehead atoms. The average molecular weight is 188 g/mol. The van der Waals surface area contributed by atoms with Crippen LogP contribution in [0.2, 0.25) is 0 Å². The van der Waals surface area contributed by atoms with Gasteiger partial charge in [0.25, 0.3) is 0 Å². The van der Waals surface area contributed by atoms with Gasteiger partial charge >= 0.3 is 6.61 Å². The number of halogens is 2. The van der Waals surface area contributed by atoms with Gasteiger partial charge in [0.15, 0.2) is 0 Å². The van der Waals surface area contributed by atoms with Gasteiger partial charge in [-0.2, -0.15) is 8.78 Å². The Labute approximate surface area is 74.3 Å². The minimum Gasteiger partial charge on any atom is -0.435 e. The van der Waals surface area contributed by atoms with Crippen LogP contribution in [0.15, 0.2) is 24.3 Å². The van der Waals surface area contributed by atoms with Gasteiger partial charge in [-0.05, 0) is 17.7 Å². The molecule has 0 unspecified atom stereocenters. The summed E-state index contributed by atoms with van der Waals surface area (Å²) in [5.74, 6) is 0.0967. The minimum absolute atomic E-state index is 0.0967. The Bertz CT molecular complexity index is 261. The van der Waals surface area contributed by atoms with Crippen molar-refractivity contribution in [1.29, 1.82) is 0 Å². The molecule has 0 aliphatic rings. The van der Waals surface area contributed by atoms with Gasteiger partial charge in [-0.3, -0.25) is 0 Å². The molecule has 0 aromatic heterocycles. The van der Waals surface area contributed by atoms with Crippen molar-refractivity contribution in [2.75, 3.05) is 0 Å². The van der Waals surface area contributed by atoms with Crippen molar-refractivity contribution in [3.05, 3.63) is 29.8 Å². The summed E-state index contributed by atoms with van der Waals surface area (Å²) in [6, 6.07) is 5.88. The summed E-state index contributed by atoms with van der Waals surface area (Å²) in [6.45, 7) is -2.81. The molecule has 1 aromatic carbocycles. The van der Waals surface area contributed by atoms with E-state index in [9.17, 15) is 8.78 Å². The molecule has 0 aliphatic heterocycles. The van der Waals surface area contributed by atoms with Crippen LogP contribution in [0.4, 0.5) is 8.78 Å². The zero-order valence-electron chi connectivity index (χ0n) is 6.78. The summed E-state index contributed by atoms with van der Waals surface area (Å²) in [4.78, 5) is 0. The Morgan fingerprint density at radius 1 is 1.08 bits per heavy atom. The summed E-state index contributed by atoms with van der Waals surface area (Å²) in [6.07, 6.45) is -0.597. The normalized spacial score (nSPS) is 10.9. The van der Waals surface area contributed by atoms with Crippen LogP contribution in [-0.2, 0) is 0 Å². The third kappa shape index (κ3) is 2.96. The molecule has 1 rings (SSSR count). The molecule has 0 heterocycles. The van der Waals surface area contributed by atoms with Crippen molar-refractivity contribution in [3.8, 4) is 5.75 Å². The third-order valence-corrected chi connectivity index (χ3v) is 1.49. The topological polar surface area (TPSA) is 61.3 Å². The zero-order valence-corrected chi connectivity index (χ0v) is 6.78. The Morgan fingerprint density at radius 3 is 2.00 bits per heavy atom. The van der Waals surface area contributed by atoms with E-state index in [1.54, 1.807) is 12.1 Å². The molecule has 4 N–H and O–H groups in total. The number of nitrogens with two attached hydrogens (primary N) is 2. The van der Waals surface area contributed by atoms with Crippen molar-refractivity contribution >= 4 is 0 Å². The molecule has 0 saturated heterocycles. The second kappa shape index (κ2) is 4.15. The van der Waals surface area contributed by atoms with Gasteiger partial charge in [-0.25, -0.2) is 0 Å². The first-order chi connectivity index (χ1) is 6.09. The maximum Gasteiger partial charge on any atom is 0.387 e. The number of alkyl halides is 2. The summed E-state index contributed by atoms with van der Waals surface area (Å²) >= 11 is 0. The lowest BCUT2D eigenvalue weighted by Crippen LogP contribution is -2.19. The van der Waals surface area contributed by atoms with Gasteiger partial charge in [0, 0.05) is 0 Å². The highest BCUT2D eigenvalue weighted by molar-refractivity contribution is 5.28. The highest BCUT2D eigenvalue weighted by Crippen LogP contribution is 2.16. The van der Waals surface area contributed by atoms with Crippen molar-refractivity contribution in [1.82, 2.24) is 0 Å². The largest absolute Gasteiger partial charge is 0.435 e. The number of benzene rings is 1. The second-order valence-corrected chi connectivity index (χ2v) is 2.47. The van der Waals surface area contributed by atoms with E-state index in [0.29, 0.717) is 5.56 Å². The molecular weight excluding hydrogens is 178 g/mol. The van der Waals surface area contributed by atoms with Gasteiger partial charge in [-0.15, -0.1) is 0 Å². The average Bonchev–Trinajstić information content (AvgIpc) is 2.04. The fraction of sp³-hybridized carbons (Fsp3) is 0.250. The van der Waals surface area contributed by atoms with Crippen LogP contribution in [0.3, 0.4) is 0 Å². The maximum absolute atomic E-state index is 11.7. The summed E-state index contributed by atoms with van der Waals surface area (Å²) in [5, 5.41) is 0. The van der Waals surface area contributed by atoms with E-state index in [4.69, 9.17) is 11.5 Å². The number of ether oxygens (including phenoxy) is 1. The Kier molecular flexibility index (Phi) is 3.16. The fourth-order valence-electron chi connectivity index (χ4n) is 0.871. The molecule has 0 aliphatic carbocycles. The summed E-state index contributed by atoms with van der Waals surface area (Å²) < 4.78 is 27.5. The predicted molar refractivity (Wildman–Crippen MR) is 44.2 cm³/mol. The van der Waals surface area contributed by atoms with Crippen LogP contribution in [0.5, 0.6) is 5.75 Å². The van der Waals surface area contributed by atoms with Crippen LogP contribution >= 0.6 is 0 Å². The molecule has 0 radical (unpaired) electrons. The molecule has 0 spiro atoms. The maximum atomic E-state index is 11.7. The SMILES string of the molecule is NC(N)c1ccc(OC(F)F)cc1. The lowest BCUT2D eigenvalue weighted by molar-refractivity contribution is -0.0498. The van der Waals surface area contributed by atoms with E-state index >= 15 is 0 Å². The lowest BCUT2D eigenvalue weighted by atomic mass is 10.2. The van der Waals surface area contributed by atoms with Gasteiger partial charge in [0.1, 0.15) is 5.75 Å². The fourth-order valence-corrected chi connectivity index (χ4v) is 0.871. The van der Waals surface area contributed by atoms with Crippen LogP contribution in [0.25, 0.3) is 0 Å². The molecule has 0 atom stereocenters. The van der Waals surface area contributed by atoms with Gasteiger partial charge in [0.2, 0.25) is 0 Å². The highest BCUT2D eigenvalue weighted by Gasteiger charge is 2.04. The molecule has 5 heteroatoms.